The van der Waals surface area contributed by atoms with E-state index in [1.54, 1.807) is 24.3 Å². The molecule has 0 aliphatic heterocycles. The van der Waals surface area contributed by atoms with Crippen molar-refractivity contribution in [2.75, 3.05) is 5.32 Å². The second kappa shape index (κ2) is 7.06. The van der Waals surface area contributed by atoms with Gasteiger partial charge >= 0.3 is 0 Å². The summed E-state index contributed by atoms with van der Waals surface area (Å²) < 4.78 is 0. The van der Waals surface area contributed by atoms with E-state index < -0.39 is 0 Å². The van der Waals surface area contributed by atoms with Crippen LogP contribution in [0.25, 0.3) is 0 Å². The number of ketones is 1. The van der Waals surface area contributed by atoms with E-state index in [1.807, 2.05) is 12.1 Å². The van der Waals surface area contributed by atoms with Crippen molar-refractivity contribution in [1.29, 1.82) is 0 Å². The van der Waals surface area contributed by atoms with Gasteiger partial charge in [-0.25, -0.2) is 0 Å². The predicted molar refractivity (Wildman–Crippen MR) is 108 cm³/mol. The Balaban J connectivity index is 2.37. The maximum atomic E-state index is 12.8. The summed E-state index contributed by atoms with van der Waals surface area (Å²) in [5.41, 5.74) is 4.16. The average Bonchev–Trinajstić information content (AvgIpc) is 2.53. The van der Waals surface area contributed by atoms with E-state index in [4.69, 9.17) is 0 Å². The molecule has 0 aliphatic rings. The normalized spacial score (nSPS) is 12.0. The van der Waals surface area contributed by atoms with Gasteiger partial charge in [-0.15, -0.1) is 0 Å². The predicted octanol–water partition coefficient (Wildman–Crippen LogP) is 5.74. The summed E-state index contributed by atoms with van der Waals surface area (Å²) >= 11 is 0. The maximum Gasteiger partial charge on any atom is 0.255 e. The molecular formula is C23H29NO2. The molecule has 1 amide bonds. The van der Waals surface area contributed by atoms with Gasteiger partial charge in [-0.3, -0.25) is 9.59 Å². The molecule has 3 heteroatoms. The topological polar surface area (TPSA) is 46.2 Å². The molecule has 0 saturated carbocycles. The highest BCUT2D eigenvalue weighted by molar-refractivity contribution is 6.05. The zero-order chi connectivity index (χ0) is 19.7. The molecule has 0 saturated heterocycles. The summed E-state index contributed by atoms with van der Waals surface area (Å²) in [4.78, 5) is 24.2. The molecule has 0 radical (unpaired) electrons. The van der Waals surface area contributed by atoms with Crippen molar-refractivity contribution < 1.29 is 9.59 Å². The van der Waals surface area contributed by atoms with E-state index in [-0.39, 0.29) is 22.5 Å². The van der Waals surface area contributed by atoms with E-state index >= 15 is 0 Å². The SMILES string of the molecule is CC(=O)c1ccc(NC(=O)c2cc(C(C)(C)C)cc(C(C)(C)C)c2)cc1. The summed E-state index contributed by atoms with van der Waals surface area (Å²) in [5, 5.41) is 2.93. The Morgan fingerprint density at radius 3 is 1.58 bits per heavy atom. The van der Waals surface area contributed by atoms with Gasteiger partial charge in [-0.1, -0.05) is 47.6 Å². The number of carbonyl (C=O) groups is 2. The van der Waals surface area contributed by atoms with Crippen LogP contribution >= 0.6 is 0 Å². The van der Waals surface area contributed by atoms with Crippen LogP contribution in [0.15, 0.2) is 42.5 Å². The Morgan fingerprint density at radius 2 is 1.19 bits per heavy atom. The van der Waals surface area contributed by atoms with Gasteiger partial charge in [0.05, 0.1) is 0 Å². The molecule has 0 atom stereocenters. The zero-order valence-electron chi connectivity index (χ0n) is 16.9. The first-order valence-electron chi connectivity index (χ1n) is 8.96. The lowest BCUT2D eigenvalue weighted by Gasteiger charge is -2.26. The molecule has 0 heterocycles. The van der Waals surface area contributed by atoms with Crippen LogP contribution in [0.3, 0.4) is 0 Å². The van der Waals surface area contributed by atoms with Crippen molar-refractivity contribution >= 4 is 17.4 Å². The Hall–Kier alpha value is -2.42. The fraction of sp³-hybridized carbons (Fsp3) is 0.391. The first-order valence-corrected chi connectivity index (χ1v) is 8.96. The van der Waals surface area contributed by atoms with Gasteiger partial charge in [0.15, 0.2) is 5.78 Å². The molecule has 1 N–H and O–H groups in total. The number of Topliss-reactive ketones (excluding diaryl/α,β-unsaturated/α-hetero) is 1. The van der Waals surface area contributed by atoms with Crippen LogP contribution in [0.1, 0.15) is 80.3 Å². The van der Waals surface area contributed by atoms with E-state index in [1.165, 1.54) is 6.92 Å². The third-order valence-electron chi connectivity index (χ3n) is 4.48. The molecule has 26 heavy (non-hydrogen) atoms. The van der Waals surface area contributed by atoms with Crippen LogP contribution in [0.4, 0.5) is 5.69 Å². The molecule has 0 spiro atoms. The molecule has 0 aromatic heterocycles. The van der Waals surface area contributed by atoms with Crippen LogP contribution in [-0.4, -0.2) is 11.7 Å². The number of anilines is 1. The van der Waals surface area contributed by atoms with E-state index in [2.05, 4.69) is 52.9 Å². The summed E-state index contributed by atoms with van der Waals surface area (Å²) in [6.07, 6.45) is 0. The number of carbonyl (C=O) groups excluding carboxylic acids is 2. The van der Waals surface area contributed by atoms with Crippen molar-refractivity contribution in [3.63, 3.8) is 0 Å². The van der Waals surface area contributed by atoms with Gasteiger partial charge in [0.25, 0.3) is 5.91 Å². The average molecular weight is 351 g/mol. The minimum absolute atomic E-state index is 0.00979. The van der Waals surface area contributed by atoms with Gasteiger partial charge in [0.2, 0.25) is 0 Å². The monoisotopic (exact) mass is 351 g/mol. The molecule has 0 aliphatic carbocycles. The fourth-order valence-electron chi connectivity index (χ4n) is 2.62. The van der Waals surface area contributed by atoms with Crippen molar-refractivity contribution in [2.24, 2.45) is 0 Å². The Kier molecular flexibility index (Phi) is 5.41. The molecule has 2 rings (SSSR count). The highest BCUT2D eigenvalue weighted by atomic mass is 16.1. The maximum absolute atomic E-state index is 12.8. The van der Waals surface area contributed by atoms with Gasteiger partial charge < -0.3 is 5.32 Å². The summed E-state index contributed by atoms with van der Waals surface area (Å²) in [7, 11) is 0. The Bertz CT molecular complexity index is 787. The van der Waals surface area contributed by atoms with Crippen molar-refractivity contribution in [3.8, 4) is 0 Å². The molecule has 0 unspecified atom stereocenters. The lowest BCUT2D eigenvalue weighted by atomic mass is 9.79. The lowest BCUT2D eigenvalue weighted by Crippen LogP contribution is -2.20. The number of rotatable bonds is 3. The third-order valence-corrected chi connectivity index (χ3v) is 4.48. The van der Waals surface area contributed by atoms with Crippen molar-refractivity contribution in [3.05, 3.63) is 64.7 Å². The highest BCUT2D eigenvalue weighted by Gasteiger charge is 2.22. The fourth-order valence-corrected chi connectivity index (χ4v) is 2.62. The number of amides is 1. The van der Waals surface area contributed by atoms with E-state index in [0.29, 0.717) is 16.8 Å². The quantitative estimate of drug-likeness (QED) is 0.717. The molecule has 0 fully saturated rings. The molecule has 2 aromatic rings. The number of benzene rings is 2. The van der Waals surface area contributed by atoms with Gasteiger partial charge in [0.1, 0.15) is 0 Å². The van der Waals surface area contributed by atoms with Gasteiger partial charge in [-0.2, -0.15) is 0 Å². The molecule has 2 aromatic carbocycles. The first-order chi connectivity index (χ1) is 11.9. The van der Waals surface area contributed by atoms with Crippen LogP contribution in [0, 0.1) is 0 Å². The summed E-state index contributed by atoms with van der Waals surface area (Å²) in [6.45, 7) is 14.4. The summed E-state index contributed by atoms with van der Waals surface area (Å²) in [6, 6.07) is 13.1. The number of hydrogen-bond donors (Lipinski definition) is 1. The third kappa shape index (κ3) is 4.81. The van der Waals surface area contributed by atoms with Crippen molar-refractivity contribution in [2.45, 2.75) is 59.3 Å². The van der Waals surface area contributed by atoms with Crippen molar-refractivity contribution in [1.82, 2.24) is 0 Å². The first kappa shape index (κ1) is 19.9. The summed E-state index contributed by atoms with van der Waals surface area (Å²) in [5.74, 6) is -0.132. The molecule has 0 bridgehead atoms. The molecule has 138 valence electrons. The minimum atomic E-state index is -0.142. The largest absolute Gasteiger partial charge is 0.322 e. The second-order valence-corrected chi connectivity index (χ2v) is 8.89. The number of nitrogens with one attached hydrogen (secondary N) is 1. The number of hydrogen-bond acceptors (Lipinski definition) is 2. The Morgan fingerprint density at radius 1 is 0.731 bits per heavy atom. The van der Waals surface area contributed by atoms with Crippen LogP contribution in [0.2, 0.25) is 0 Å². The molecule has 3 nitrogen and oxygen atoms in total. The molecular weight excluding hydrogens is 322 g/mol. The van der Waals surface area contributed by atoms with Gasteiger partial charge in [0, 0.05) is 16.8 Å². The minimum Gasteiger partial charge on any atom is -0.322 e. The van der Waals surface area contributed by atoms with Crippen LogP contribution in [-0.2, 0) is 10.8 Å². The second-order valence-electron chi connectivity index (χ2n) is 8.89. The zero-order valence-corrected chi connectivity index (χ0v) is 16.9. The standard InChI is InChI=1S/C23H29NO2/c1-15(25)16-8-10-20(11-9-16)24-21(26)17-12-18(22(2,3)4)14-19(13-17)23(5,6)7/h8-14H,1-7H3,(H,24,26). The van der Waals surface area contributed by atoms with Gasteiger partial charge in [-0.05, 0) is 65.3 Å². The lowest BCUT2D eigenvalue weighted by molar-refractivity contribution is 0.101. The smallest absolute Gasteiger partial charge is 0.255 e. The highest BCUT2D eigenvalue weighted by Crippen LogP contribution is 2.30. The van der Waals surface area contributed by atoms with E-state index in [9.17, 15) is 9.59 Å². The van der Waals surface area contributed by atoms with Crippen LogP contribution in [0.5, 0.6) is 0 Å². The van der Waals surface area contributed by atoms with E-state index in [0.717, 1.165) is 11.1 Å². The van der Waals surface area contributed by atoms with Crippen LogP contribution < -0.4 is 5.32 Å². The Labute approximate surface area is 156 Å².